The van der Waals surface area contributed by atoms with E-state index < -0.39 is 5.97 Å². The van der Waals surface area contributed by atoms with Gasteiger partial charge in [0.25, 0.3) is 5.91 Å². The molecule has 1 aromatic carbocycles. The van der Waals surface area contributed by atoms with E-state index in [1.165, 1.54) is 12.3 Å². The van der Waals surface area contributed by atoms with E-state index in [1.54, 1.807) is 32.1 Å². The van der Waals surface area contributed by atoms with Crippen LogP contribution in [0, 0.1) is 6.92 Å². The van der Waals surface area contributed by atoms with Gasteiger partial charge in [0.05, 0.1) is 20.5 Å². The number of aryl methyl sites for hydroxylation is 1. The van der Waals surface area contributed by atoms with E-state index >= 15 is 0 Å². The molecule has 1 aromatic heterocycles. The Labute approximate surface area is 152 Å². The molecule has 0 saturated heterocycles. The van der Waals surface area contributed by atoms with Crippen LogP contribution >= 0.6 is 0 Å². The van der Waals surface area contributed by atoms with Crippen molar-refractivity contribution in [3.63, 3.8) is 0 Å². The zero-order valence-electron chi connectivity index (χ0n) is 15.4. The van der Waals surface area contributed by atoms with Crippen LogP contribution in [0.2, 0.25) is 0 Å². The Morgan fingerprint density at radius 1 is 1.12 bits per heavy atom. The lowest BCUT2D eigenvalue weighted by Gasteiger charge is -2.21. The summed E-state index contributed by atoms with van der Waals surface area (Å²) in [6.45, 7) is 4.05. The van der Waals surface area contributed by atoms with Crippen LogP contribution in [0.1, 0.15) is 28.6 Å². The van der Waals surface area contributed by atoms with Crippen LogP contribution in [0.4, 0.5) is 0 Å². The number of hydrogen-bond acceptors (Lipinski definition) is 6. The van der Waals surface area contributed by atoms with Crippen molar-refractivity contribution in [1.82, 2.24) is 4.90 Å². The third-order valence-electron chi connectivity index (χ3n) is 3.96. The normalized spacial score (nSPS) is 10.3. The van der Waals surface area contributed by atoms with Crippen LogP contribution in [-0.4, -0.2) is 44.1 Å². The van der Waals surface area contributed by atoms with E-state index in [0.29, 0.717) is 35.9 Å². The average Bonchev–Trinajstić information content (AvgIpc) is 3.09. The van der Waals surface area contributed by atoms with Crippen LogP contribution in [-0.2, 0) is 16.1 Å². The van der Waals surface area contributed by atoms with Crippen molar-refractivity contribution < 1.29 is 28.2 Å². The molecule has 0 radical (unpaired) electrons. The number of carbonyl (C=O) groups excluding carboxylic acids is 2. The predicted octanol–water partition coefficient (Wildman–Crippen LogP) is 2.81. The molecular weight excluding hydrogens is 338 g/mol. The summed E-state index contributed by atoms with van der Waals surface area (Å²) in [6, 6.07) is 6.98. The van der Waals surface area contributed by atoms with Gasteiger partial charge in [-0.05, 0) is 37.6 Å². The minimum atomic E-state index is -0.577. The standard InChI is InChI=1S/C19H23NO6/c1-5-20(11-14-6-7-16(23-3)17(10-14)24-4)18(21)12-26-19(22)15-8-9-25-13(15)2/h6-10H,5,11-12H2,1-4H3. The van der Waals surface area contributed by atoms with E-state index in [0.717, 1.165) is 5.56 Å². The molecule has 2 rings (SSSR count). The Morgan fingerprint density at radius 3 is 2.42 bits per heavy atom. The largest absolute Gasteiger partial charge is 0.493 e. The second-order valence-corrected chi connectivity index (χ2v) is 5.56. The maximum atomic E-state index is 12.4. The highest BCUT2D eigenvalue weighted by molar-refractivity contribution is 5.92. The summed E-state index contributed by atoms with van der Waals surface area (Å²) in [5, 5.41) is 0. The summed E-state index contributed by atoms with van der Waals surface area (Å²) in [6.07, 6.45) is 1.41. The number of esters is 1. The van der Waals surface area contributed by atoms with Gasteiger partial charge >= 0.3 is 5.97 Å². The highest BCUT2D eigenvalue weighted by Gasteiger charge is 2.18. The van der Waals surface area contributed by atoms with E-state index in [-0.39, 0.29) is 12.5 Å². The Balaban J connectivity index is 1.98. The first-order valence-electron chi connectivity index (χ1n) is 8.20. The monoisotopic (exact) mass is 361 g/mol. The summed E-state index contributed by atoms with van der Waals surface area (Å²) in [7, 11) is 3.12. The van der Waals surface area contributed by atoms with Crippen LogP contribution in [0.15, 0.2) is 34.9 Å². The van der Waals surface area contributed by atoms with Crippen LogP contribution in [0.5, 0.6) is 11.5 Å². The summed E-state index contributed by atoms with van der Waals surface area (Å²) < 4.78 is 20.6. The van der Waals surface area contributed by atoms with Crippen LogP contribution < -0.4 is 9.47 Å². The van der Waals surface area contributed by atoms with Gasteiger partial charge in [0.2, 0.25) is 0 Å². The number of methoxy groups -OCH3 is 2. The van der Waals surface area contributed by atoms with Crippen LogP contribution in [0.25, 0.3) is 0 Å². The molecular formula is C19H23NO6. The number of amides is 1. The van der Waals surface area contributed by atoms with Crippen molar-refractivity contribution in [2.24, 2.45) is 0 Å². The quantitative estimate of drug-likeness (QED) is 0.673. The van der Waals surface area contributed by atoms with Crippen molar-refractivity contribution >= 4 is 11.9 Å². The molecule has 0 aliphatic carbocycles. The van der Waals surface area contributed by atoms with E-state index in [2.05, 4.69) is 0 Å². The third kappa shape index (κ3) is 4.56. The number of likely N-dealkylation sites (N-methyl/N-ethyl adjacent to an activating group) is 1. The molecule has 0 spiro atoms. The highest BCUT2D eigenvalue weighted by atomic mass is 16.5. The number of nitrogens with zero attached hydrogens (tertiary/aromatic N) is 1. The molecule has 0 fully saturated rings. The minimum Gasteiger partial charge on any atom is -0.493 e. The molecule has 0 N–H and O–H groups in total. The molecule has 0 atom stereocenters. The second-order valence-electron chi connectivity index (χ2n) is 5.56. The number of carbonyl (C=O) groups is 2. The zero-order valence-corrected chi connectivity index (χ0v) is 15.4. The van der Waals surface area contributed by atoms with Crippen molar-refractivity contribution in [3.05, 3.63) is 47.4 Å². The summed E-state index contributed by atoms with van der Waals surface area (Å²) >= 11 is 0. The molecule has 0 unspecified atom stereocenters. The fraction of sp³-hybridized carbons (Fsp3) is 0.368. The molecule has 26 heavy (non-hydrogen) atoms. The van der Waals surface area contributed by atoms with Gasteiger partial charge in [-0.2, -0.15) is 0 Å². The first-order chi connectivity index (χ1) is 12.5. The summed E-state index contributed by atoms with van der Waals surface area (Å²) in [5.74, 6) is 0.814. The summed E-state index contributed by atoms with van der Waals surface area (Å²) in [5.41, 5.74) is 1.20. The lowest BCUT2D eigenvalue weighted by molar-refractivity contribution is -0.134. The number of ether oxygens (including phenoxy) is 3. The molecule has 140 valence electrons. The average molecular weight is 361 g/mol. The molecule has 7 nitrogen and oxygen atoms in total. The molecule has 0 saturated carbocycles. The molecule has 0 aliphatic heterocycles. The minimum absolute atomic E-state index is 0.281. The molecule has 0 aliphatic rings. The Bertz CT molecular complexity index is 767. The Morgan fingerprint density at radius 2 is 1.85 bits per heavy atom. The number of rotatable bonds is 8. The predicted molar refractivity (Wildman–Crippen MR) is 94.4 cm³/mol. The fourth-order valence-electron chi connectivity index (χ4n) is 2.47. The molecule has 0 bridgehead atoms. The van der Waals surface area contributed by atoms with Gasteiger partial charge in [-0.15, -0.1) is 0 Å². The van der Waals surface area contributed by atoms with Gasteiger partial charge in [-0.1, -0.05) is 6.07 Å². The molecule has 1 heterocycles. The fourth-order valence-corrected chi connectivity index (χ4v) is 2.47. The van der Waals surface area contributed by atoms with Gasteiger partial charge in [0, 0.05) is 13.1 Å². The zero-order chi connectivity index (χ0) is 19.1. The van der Waals surface area contributed by atoms with Crippen LogP contribution in [0.3, 0.4) is 0 Å². The van der Waals surface area contributed by atoms with Crippen molar-refractivity contribution in [2.45, 2.75) is 20.4 Å². The Kier molecular flexibility index (Phi) is 6.66. The number of benzene rings is 1. The molecule has 1 amide bonds. The lowest BCUT2D eigenvalue weighted by Crippen LogP contribution is -2.34. The van der Waals surface area contributed by atoms with Gasteiger partial charge < -0.3 is 23.5 Å². The maximum absolute atomic E-state index is 12.4. The third-order valence-corrected chi connectivity index (χ3v) is 3.96. The van der Waals surface area contributed by atoms with Crippen molar-refractivity contribution in [2.75, 3.05) is 27.4 Å². The summed E-state index contributed by atoms with van der Waals surface area (Å²) in [4.78, 5) is 25.9. The highest BCUT2D eigenvalue weighted by Crippen LogP contribution is 2.28. The lowest BCUT2D eigenvalue weighted by atomic mass is 10.2. The van der Waals surface area contributed by atoms with Gasteiger partial charge in [0.15, 0.2) is 18.1 Å². The van der Waals surface area contributed by atoms with Crippen molar-refractivity contribution in [3.8, 4) is 11.5 Å². The molecule has 7 heteroatoms. The van der Waals surface area contributed by atoms with Gasteiger partial charge in [-0.3, -0.25) is 4.79 Å². The number of furan rings is 1. The SMILES string of the molecule is CCN(Cc1ccc(OC)c(OC)c1)C(=O)COC(=O)c1ccoc1C. The van der Waals surface area contributed by atoms with E-state index in [9.17, 15) is 9.59 Å². The maximum Gasteiger partial charge on any atom is 0.342 e. The Hall–Kier alpha value is -2.96. The first-order valence-corrected chi connectivity index (χ1v) is 8.20. The first kappa shape index (κ1) is 19.4. The smallest absolute Gasteiger partial charge is 0.342 e. The number of hydrogen-bond donors (Lipinski definition) is 0. The van der Waals surface area contributed by atoms with Gasteiger partial charge in [-0.25, -0.2) is 4.79 Å². The topological polar surface area (TPSA) is 78.2 Å². The van der Waals surface area contributed by atoms with Crippen molar-refractivity contribution in [1.29, 1.82) is 0 Å². The van der Waals surface area contributed by atoms with Gasteiger partial charge in [0.1, 0.15) is 11.3 Å². The second kappa shape index (κ2) is 8.94. The van der Waals surface area contributed by atoms with E-state index in [4.69, 9.17) is 18.6 Å². The molecule has 2 aromatic rings. The van der Waals surface area contributed by atoms with E-state index in [1.807, 2.05) is 19.1 Å².